The Hall–Kier alpha value is -0.0400. The van der Waals surface area contributed by atoms with Crippen molar-refractivity contribution in [2.24, 2.45) is 17.6 Å². The fourth-order valence-electron chi connectivity index (χ4n) is 2.12. The van der Waals surface area contributed by atoms with Crippen molar-refractivity contribution in [3.8, 4) is 0 Å². The molecule has 0 aromatic rings. The third-order valence-corrected chi connectivity index (χ3v) is 2.75. The van der Waals surface area contributed by atoms with Gasteiger partial charge in [-0.1, -0.05) is 26.7 Å². The zero-order valence-corrected chi connectivity index (χ0v) is 7.84. The molecular weight excluding hydrogens is 134 g/mol. The van der Waals surface area contributed by atoms with Crippen molar-refractivity contribution >= 4 is 0 Å². The van der Waals surface area contributed by atoms with Crippen LogP contribution in [-0.4, -0.2) is 6.04 Å². The molecule has 0 saturated heterocycles. The minimum absolute atomic E-state index is 0.484. The first kappa shape index (κ1) is 9.05. The van der Waals surface area contributed by atoms with Crippen molar-refractivity contribution in [2.75, 3.05) is 0 Å². The Morgan fingerprint density at radius 1 is 1.27 bits per heavy atom. The molecule has 0 aliphatic heterocycles. The van der Waals surface area contributed by atoms with Gasteiger partial charge in [-0.25, -0.2) is 0 Å². The summed E-state index contributed by atoms with van der Waals surface area (Å²) < 4.78 is 0. The Bertz CT molecular complexity index is 103. The highest BCUT2D eigenvalue weighted by atomic mass is 14.7. The number of rotatable bonds is 3. The number of nitrogens with two attached hydrogens (primary N) is 1. The summed E-state index contributed by atoms with van der Waals surface area (Å²) >= 11 is 0. The van der Waals surface area contributed by atoms with Crippen LogP contribution in [0, 0.1) is 11.8 Å². The lowest BCUT2D eigenvalue weighted by molar-refractivity contribution is 0.368. The van der Waals surface area contributed by atoms with Crippen molar-refractivity contribution in [2.45, 2.75) is 52.0 Å². The van der Waals surface area contributed by atoms with Gasteiger partial charge in [0, 0.05) is 6.04 Å². The van der Waals surface area contributed by atoms with E-state index in [0.717, 1.165) is 11.8 Å². The van der Waals surface area contributed by atoms with Crippen molar-refractivity contribution in [3.63, 3.8) is 0 Å². The van der Waals surface area contributed by atoms with Gasteiger partial charge in [-0.3, -0.25) is 0 Å². The Kier molecular flexibility index (Phi) is 3.38. The van der Waals surface area contributed by atoms with E-state index in [1.807, 2.05) is 0 Å². The van der Waals surface area contributed by atoms with E-state index in [1.54, 1.807) is 0 Å². The molecular formula is C10H21N. The van der Waals surface area contributed by atoms with Gasteiger partial charge in [0.25, 0.3) is 0 Å². The summed E-state index contributed by atoms with van der Waals surface area (Å²) in [4.78, 5) is 0. The van der Waals surface area contributed by atoms with Crippen LogP contribution in [0.2, 0.25) is 0 Å². The number of hydrogen-bond donors (Lipinski definition) is 1. The van der Waals surface area contributed by atoms with Crippen molar-refractivity contribution in [3.05, 3.63) is 0 Å². The average molecular weight is 155 g/mol. The van der Waals surface area contributed by atoms with Crippen LogP contribution in [0.15, 0.2) is 0 Å². The molecule has 2 N–H and O–H groups in total. The Labute approximate surface area is 70.4 Å². The summed E-state index contributed by atoms with van der Waals surface area (Å²) in [7, 11) is 0. The molecule has 0 heterocycles. The van der Waals surface area contributed by atoms with E-state index in [-0.39, 0.29) is 0 Å². The standard InChI is InChI=1S/C10H21N/c1-8(2)7-10(11)9-5-3-4-6-9/h8-10H,3-7,11H2,1-2H3. The highest BCUT2D eigenvalue weighted by Gasteiger charge is 2.21. The number of hydrogen-bond acceptors (Lipinski definition) is 1. The first-order chi connectivity index (χ1) is 5.20. The molecule has 1 aliphatic carbocycles. The molecule has 1 saturated carbocycles. The predicted molar refractivity (Wildman–Crippen MR) is 49.4 cm³/mol. The van der Waals surface area contributed by atoms with Gasteiger partial charge in [0.1, 0.15) is 0 Å². The van der Waals surface area contributed by atoms with E-state index in [2.05, 4.69) is 13.8 Å². The van der Waals surface area contributed by atoms with Gasteiger partial charge in [0.05, 0.1) is 0 Å². The first-order valence-corrected chi connectivity index (χ1v) is 4.95. The third kappa shape index (κ3) is 2.82. The Balaban J connectivity index is 2.22. The molecule has 0 radical (unpaired) electrons. The van der Waals surface area contributed by atoms with Crippen LogP contribution in [0.5, 0.6) is 0 Å². The summed E-state index contributed by atoms with van der Waals surface area (Å²) in [6, 6.07) is 0.484. The van der Waals surface area contributed by atoms with Crippen molar-refractivity contribution in [1.29, 1.82) is 0 Å². The van der Waals surface area contributed by atoms with Gasteiger partial charge in [-0.05, 0) is 31.1 Å². The molecule has 66 valence electrons. The summed E-state index contributed by atoms with van der Waals surface area (Å²) in [6.07, 6.45) is 6.80. The van der Waals surface area contributed by atoms with Crippen molar-refractivity contribution in [1.82, 2.24) is 0 Å². The third-order valence-electron chi connectivity index (χ3n) is 2.75. The van der Waals surface area contributed by atoms with Crippen LogP contribution in [0.25, 0.3) is 0 Å². The Morgan fingerprint density at radius 2 is 1.82 bits per heavy atom. The smallest absolute Gasteiger partial charge is 0.00695 e. The zero-order valence-electron chi connectivity index (χ0n) is 7.84. The molecule has 1 atom stereocenters. The average Bonchev–Trinajstić information content (AvgIpc) is 2.35. The quantitative estimate of drug-likeness (QED) is 0.666. The molecule has 1 heteroatoms. The normalized spacial score (nSPS) is 22.9. The van der Waals surface area contributed by atoms with Gasteiger partial charge in [-0.15, -0.1) is 0 Å². The van der Waals surface area contributed by atoms with Crippen LogP contribution in [-0.2, 0) is 0 Å². The largest absolute Gasteiger partial charge is 0.327 e. The molecule has 0 spiro atoms. The fourth-order valence-corrected chi connectivity index (χ4v) is 2.12. The van der Waals surface area contributed by atoms with E-state index in [9.17, 15) is 0 Å². The lowest BCUT2D eigenvalue weighted by Crippen LogP contribution is -2.29. The molecule has 0 bridgehead atoms. The second-order valence-corrected chi connectivity index (χ2v) is 4.34. The zero-order chi connectivity index (χ0) is 8.27. The van der Waals surface area contributed by atoms with E-state index < -0.39 is 0 Å². The predicted octanol–water partition coefficient (Wildman–Crippen LogP) is 2.55. The second kappa shape index (κ2) is 4.10. The summed E-state index contributed by atoms with van der Waals surface area (Å²) in [5.41, 5.74) is 6.08. The maximum atomic E-state index is 6.08. The molecule has 1 rings (SSSR count). The summed E-state index contributed by atoms with van der Waals surface area (Å²) in [5.74, 6) is 1.61. The molecule has 1 fully saturated rings. The Morgan fingerprint density at radius 3 is 2.27 bits per heavy atom. The molecule has 1 unspecified atom stereocenters. The van der Waals surface area contributed by atoms with E-state index in [0.29, 0.717) is 6.04 Å². The maximum Gasteiger partial charge on any atom is 0.00695 e. The molecule has 1 nitrogen and oxygen atoms in total. The second-order valence-electron chi connectivity index (χ2n) is 4.34. The topological polar surface area (TPSA) is 26.0 Å². The van der Waals surface area contributed by atoms with Gasteiger partial charge in [0.2, 0.25) is 0 Å². The molecule has 1 aliphatic rings. The van der Waals surface area contributed by atoms with Crippen LogP contribution >= 0.6 is 0 Å². The van der Waals surface area contributed by atoms with Gasteiger partial charge < -0.3 is 5.73 Å². The van der Waals surface area contributed by atoms with E-state index >= 15 is 0 Å². The van der Waals surface area contributed by atoms with E-state index in [1.165, 1.54) is 32.1 Å². The molecule has 0 amide bonds. The SMILES string of the molecule is CC(C)CC(N)C1CCCC1. The van der Waals surface area contributed by atoms with Crippen LogP contribution < -0.4 is 5.73 Å². The van der Waals surface area contributed by atoms with E-state index in [4.69, 9.17) is 5.73 Å². The summed E-state index contributed by atoms with van der Waals surface area (Å²) in [5, 5.41) is 0. The monoisotopic (exact) mass is 155 g/mol. The van der Waals surface area contributed by atoms with Gasteiger partial charge >= 0.3 is 0 Å². The fraction of sp³-hybridized carbons (Fsp3) is 1.00. The highest BCUT2D eigenvalue weighted by molar-refractivity contribution is 4.78. The molecule has 0 aromatic heterocycles. The highest BCUT2D eigenvalue weighted by Crippen LogP contribution is 2.28. The van der Waals surface area contributed by atoms with Gasteiger partial charge in [-0.2, -0.15) is 0 Å². The minimum atomic E-state index is 0.484. The van der Waals surface area contributed by atoms with Crippen LogP contribution in [0.1, 0.15) is 46.0 Å². The minimum Gasteiger partial charge on any atom is -0.327 e. The molecule has 11 heavy (non-hydrogen) atoms. The lowest BCUT2D eigenvalue weighted by atomic mass is 9.92. The first-order valence-electron chi connectivity index (χ1n) is 4.95. The molecule has 0 aromatic carbocycles. The maximum absolute atomic E-state index is 6.08. The van der Waals surface area contributed by atoms with Gasteiger partial charge in [0.15, 0.2) is 0 Å². The lowest BCUT2D eigenvalue weighted by Gasteiger charge is -2.20. The summed E-state index contributed by atoms with van der Waals surface area (Å²) in [6.45, 7) is 4.52. The van der Waals surface area contributed by atoms with Crippen molar-refractivity contribution < 1.29 is 0 Å². The van der Waals surface area contributed by atoms with Crippen LogP contribution in [0.4, 0.5) is 0 Å². The van der Waals surface area contributed by atoms with Crippen LogP contribution in [0.3, 0.4) is 0 Å².